The van der Waals surface area contributed by atoms with Gasteiger partial charge in [0.05, 0.1) is 16.8 Å². The van der Waals surface area contributed by atoms with E-state index >= 15 is 0 Å². The molecule has 1 atom stereocenters. The van der Waals surface area contributed by atoms with Gasteiger partial charge in [-0.1, -0.05) is 55.8 Å². The zero-order chi connectivity index (χ0) is 23.3. The highest BCUT2D eigenvalue weighted by atomic mass is 35.5. The summed E-state index contributed by atoms with van der Waals surface area (Å²) in [5, 5.41) is 7.93. The Kier molecular flexibility index (Phi) is 7.27. The highest BCUT2D eigenvalue weighted by Gasteiger charge is 2.25. The molecule has 0 radical (unpaired) electrons. The summed E-state index contributed by atoms with van der Waals surface area (Å²) in [7, 11) is 0. The molecule has 3 amide bonds. The zero-order valence-corrected chi connectivity index (χ0v) is 18.5. The number of para-hydroxylation sites is 1. The van der Waals surface area contributed by atoms with E-state index in [9.17, 15) is 14.4 Å². The number of nitrogens with one attached hydrogen (secondary N) is 2. The molecular weight excluding hydrogens is 430 g/mol. The van der Waals surface area contributed by atoms with Crippen molar-refractivity contribution >= 4 is 46.4 Å². The van der Waals surface area contributed by atoms with Crippen molar-refractivity contribution in [2.75, 3.05) is 0 Å². The molecule has 32 heavy (non-hydrogen) atoms. The van der Waals surface area contributed by atoms with Crippen LogP contribution in [0.4, 0.5) is 0 Å². The molecule has 2 aromatic carbocycles. The van der Waals surface area contributed by atoms with E-state index in [0.717, 1.165) is 10.9 Å². The van der Waals surface area contributed by atoms with Crippen LogP contribution in [-0.2, 0) is 16.1 Å². The van der Waals surface area contributed by atoms with E-state index in [1.165, 1.54) is 6.21 Å². The number of amides is 3. The molecular formula is C23H24ClN5O3. The number of primary amides is 1. The fourth-order valence-corrected chi connectivity index (χ4v) is 3.53. The van der Waals surface area contributed by atoms with Gasteiger partial charge in [-0.3, -0.25) is 14.4 Å². The van der Waals surface area contributed by atoms with Crippen LogP contribution in [0.1, 0.15) is 29.8 Å². The van der Waals surface area contributed by atoms with Gasteiger partial charge in [0.1, 0.15) is 12.6 Å². The fraction of sp³-hybridized carbons (Fsp3) is 0.217. The third-order valence-electron chi connectivity index (χ3n) is 4.88. The summed E-state index contributed by atoms with van der Waals surface area (Å²) in [6.45, 7) is 3.67. The molecule has 0 bridgehead atoms. The lowest BCUT2D eigenvalue weighted by Gasteiger charge is -2.20. The van der Waals surface area contributed by atoms with Crippen LogP contribution in [0.3, 0.4) is 0 Å². The van der Waals surface area contributed by atoms with Crippen molar-refractivity contribution in [3.05, 3.63) is 70.9 Å². The van der Waals surface area contributed by atoms with E-state index in [2.05, 4.69) is 15.8 Å². The Hall–Kier alpha value is -3.65. The van der Waals surface area contributed by atoms with Crippen LogP contribution in [0.25, 0.3) is 10.9 Å². The van der Waals surface area contributed by atoms with Crippen molar-refractivity contribution in [3.63, 3.8) is 0 Å². The maximum Gasteiger partial charge on any atom is 0.262 e. The number of hydrogen-bond donors (Lipinski definition) is 3. The third-order valence-corrected chi connectivity index (χ3v) is 5.21. The number of benzene rings is 2. The van der Waals surface area contributed by atoms with Crippen LogP contribution in [0.5, 0.6) is 0 Å². The maximum atomic E-state index is 12.7. The molecule has 0 aliphatic rings. The smallest absolute Gasteiger partial charge is 0.262 e. The number of nitrogens with two attached hydrogens (primary N) is 1. The van der Waals surface area contributed by atoms with Gasteiger partial charge in [-0.2, -0.15) is 5.10 Å². The minimum Gasteiger partial charge on any atom is -0.368 e. The molecule has 0 fully saturated rings. The largest absolute Gasteiger partial charge is 0.368 e. The summed E-state index contributed by atoms with van der Waals surface area (Å²) in [5.41, 5.74) is 9.63. The minimum atomic E-state index is -0.813. The molecule has 9 heteroatoms. The van der Waals surface area contributed by atoms with Crippen molar-refractivity contribution in [3.8, 4) is 0 Å². The van der Waals surface area contributed by atoms with Crippen LogP contribution in [0, 0.1) is 5.92 Å². The monoisotopic (exact) mass is 453 g/mol. The highest BCUT2D eigenvalue weighted by molar-refractivity contribution is 6.33. The first kappa shape index (κ1) is 23.0. The summed E-state index contributed by atoms with van der Waals surface area (Å²) in [6, 6.07) is 13.3. The van der Waals surface area contributed by atoms with Crippen LogP contribution < -0.4 is 16.5 Å². The van der Waals surface area contributed by atoms with Gasteiger partial charge in [-0.05, 0) is 24.1 Å². The molecule has 1 unspecified atom stereocenters. The van der Waals surface area contributed by atoms with Crippen molar-refractivity contribution < 1.29 is 14.4 Å². The molecule has 3 rings (SSSR count). The van der Waals surface area contributed by atoms with Gasteiger partial charge < -0.3 is 15.6 Å². The lowest BCUT2D eigenvalue weighted by Crippen LogP contribution is -2.48. The van der Waals surface area contributed by atoms with Crippen LogP contribution in [0.2, 0.25) is 5.02 Å². The van der Waals surface area contributed by atoms with Crippen LogP contribution >= 0.6 is 11.6 Å². The Balaban J connectivity index is 1.74. The Labute approximate surface area is 190 Å². The zero-order valence-electron chi connectivity index (χ0n) is 17.7. The van der Waals surface area contributed by atoms with E-state index in [1.54, 1.807) is 35.0 Å². The molecule has 1 heterocycles. The average molecular weight is 454 g/mol. The number of fused-ring (bicyclic) bond motifs is 1. The number of aromatic nitrogens is 1. The Morgan fingerprint density at radius 2 is 1.81 bits per heavy atom. The van der Waals surface area contributed by atoms with E-state index in [1.807, 2.05) is 38.1 Å². The van der Waals surface area contributed by atoms with Crippen molar-refractivity contribution in [2.45, 2.75) is 26.4 Å². The molecule has 4 N–H and O–H groups in total. The molecule has 0 aliphatic heterocycles. The average Bonchev–Trinajstić information content (AvgIpc) is 3.08. The summed E-state index contributed by atoms with van der Waals surface area (Å²) >= 11 is 6.08. The molecule has 1 aromatic heterocycles. The van der Waals surface area contributed by atoms with Gasteiger partial charge >= 0.3 is 0 Å². The first-order valence-electron chi connectivity index (χ1n) is 10.0. The summed E-state index contributed by atoms with van der Waals surface area (Å²) in [5.74, 6) is -1.55. The molecule has 0 aliphatic carbocycles. The predicted molar refractivity (Wildman–Crippen MR) is 124 cm³/mol. The standard InChI is InChI=1S/C23H24ClN5O3/c1-14(2)21(27-22(31)17-8-3-5-9-18(17)24)23(32)28-26-11-15-12-29(13-20(25)30)19-10-6-4-7-16(15)19/h3-12,14,21H,13H2,1-2H3,(H2,25,30)(H,27,31)(H,28,32)/b26-11-. The van der Waals surface area contributed by atoms with Gasteiger partial charge in [-0.15, -0.1) is 0 Å². The number of hydrogen-bond acceptors (Lipinski definition) is 4. The van der Waals surface area contributed by atoms with Gasteiger partial charge in [0, 0.05) is 22.7 Å². The first-order chi connectivity index (χ1) is 15.3. The van der Waals surface area contributed by atoms with Gasteiger partial charge in [0.15, 0.2) is 0 Å². The lowest BCUT2D eigenvalue weighted by atomic mass is 10.0. The normalized spacial score (nSPS) is 12.2. The summed E-state index contributed by atoms with van der Waals surface area (Å²) in [6.07, 6.45) is 3.23. The topological polar surface area (TPSA) is 119 Å². The SMILES string of the molecule is CC(C)C(NC(=O)c1ccccc1Cl)C(=O)N/N=C\c1cn(CC(N)=O)c2ccccc12. The number of carbonyl (C=O) groups excluding carboxylic acids is 3. The van der Waals surface area contributed by atoms with Crippen molar-refractivity contribution in [2.24, 2.45) is 16.8 Å². The van der Waals surface area contributed by atoms with E-state index in [-0.39, 0.29) is 12.5 Å². The van der Waals surface area contributed by atoms with E-state index in [4.69, 9.17) is 17.3 Å². The van der Waals surface area contributed by atoms with Crippen molar-refractivity contribution in [1.82, 2.24) is 15.3 Å². The van der Waals surface area contributed by atoms with Gasteiger partial charge in [0.25, 0.3) is 11.8 Å². The molecule has 0 saturated heterocycles. The van der Waals surface area contributed by atoms with Crippen LogP contribution in [0.15, 0.2) is 59.8 Å². The number of rotatable bonds is 8. The number of nitrogens with zero attached hydrogens (tertiary/aromatic N) is 2. The third kappa shape index (κ3) is 5.33. The Bertz CT molecular complexity index is 1190. The second kappa shape index (κ2) is 10.1. The fourth-order valence-electron chi connectivity index (χ4n) is 3.31. The second-order valence-corrected chi connectivity index (χ2v) is 8.01. The Morgan fingerprint density at radius 3 is 2.50 bits per heavy atom. The molecule has 0 saturated carbocycles. The minimum absolute atomic E-state index is 0.0320. The Morgan fingerprint density at radius 1 is 1.12 bits per heavy atom. The summed E-state index contributed by atoms with van der Waals surface area (Å²) < 4.78 is 1.72. The second-order valence-electron chi connectivity index (χ2n) is 7.61. The summed E-state index contributed by atoms with van der Waals surface area (Å²) in [4.78, 5) is 36.6. The quantitative estimate of drug-likeness (QED) is 0.359. The van der Waals surface area contributed by atoms with Gasteiger partial charge in [-0.25, -0.2) is 5.43 Å². The predicted octanol–water partition coefficient (Wildman–Crippen LogP) is 2.68. The van der Waals surface area contributed by atoms with Gasteiger partial charge in [0.2, 0.25) is 5.91 Å². The molecule has 0 spiro atoms. The maximum absolute atomic E-state index is 12.7. The highest BCUT2D eigenvalue weighted by Crippen LogP contribution is 2.20. The number of carbonyl (C=O) groups is 3. The number of hydrazone groups is 1. The van der Waals surface area contributed by atoms with E-state index in [0.29, 0.717) is 16.1 Å². The van der Waals surface area contributed by atoms with Crippen LogP contribution in [-0.4, -0.2) is 34.5 Å². The molecule has 3 aromatic rings. The number of halogens is 1. The molecule has 8 nitrogen and oxygen atoms in total. The van der Waals surface area contributed by atoms with E-state index < -0.39 is 23.8 Å². The first-order valence-corrected chi connectivity index (χ1v) is 10.4. The molecule has 166 valence electrons. The lowest BCUT2D eigenvalue weighted by molar-refractivity contribution is -0.124. The van der Waals surface area contributed by atoms with Crippen molar-refractivity contribution in [1.29, 1.82) is 0 Å².